The molecule has 0 unspecified atom stereocenters. The first-order valence-corrected chi connectivity index (χ1v) is 11.0. The van der Waals surface area contributed by atoms with Gasteiger partial charge in [-0.25, -0.2) is 9.59 Å². The fourth-order valence-electron chi connectivity index (χ4n) is 4.10. The van der Waals surface area contributed by atoms with Crippen molar-refractivity contribution in [3.8, 4) is 0 Å². The van der Waals surface area contributed by atoms with Crippen LogP contribution in [0, 0.1) is 0 Å². The van der Waals surface area contributed by atoms with E-state index >= 15 is 0 Å². The molecule has 0 saturated carbocycles. The zero-order valence-corrected chi connectivity index (χ0v) is 19.4. The Balaban J connectivity index is 1.78. The summed E-state index contributed by atoms with van der Waals surface area (Å²) in [6, 6.07) is 16.1. The average molecular weight is 448 g/mol. The van der Waals surface area contributed by atoms with Gasteiger partial charge in [-0.15, -0.1) is 0 Å². The topological polar surface area (TPSA) is 72.8 Å². The highest BCUT2D eigenvalue weighted by Gasteiger charge is 2.33. The van der Waals surface area contributed by atoms with Crippen molar-refractivity contribution in [2.45, 2.75) is 39.0 Å². The number of hydrogen-bond acceptors (Lipinski definition) is 4. The lowest BCUT2D eigenvalue weighted by Gasteiger charge is -2.35. The summed E-state index contributed by atoms with van der Waals surface area (Å²) in [4.78, 5) is 26.3. The van der Waals surface area contributed by atoms with Gasteiger partial charge < -0.3 is 19.4 Å². The van der Waals surface area contributed by atoms with Gasteiger partial charge in [0.15, 0.2) is 0 Å². The maximum absolute atomic E-state index is 13.2. The molecule has 3 aromatic rings. The first-order chi connectivity index (χ1) is 15.8. The van der Waals surface area contributed by atoms with Gasteiger partial charge in [0.05, 0.1) is 12.6 Å². The molecule has 0 spiro atoms. The van der Waals surface area contributed by atoms with Crippen LogP contribution in [0.3, 0.4) is 0 Å². The van der Waals surface area contributed by atoms with E-state index in [1.807, 2.05) is 69.3 Å². The van der Waals surface area contributed by atoms with E-state index in [1.165, 1.54) is 7.11 Å². The number of hydrogen-bond donors (Lipinski definition) is 1. The predicted octanol–water partition coefficient (Wildman–Crippen LogP) is 5.31. The van der Waals surface area contributed by atoms with Crippen molar-refractivity contribution in [2.24, 2.45) is 0 Å². The molecule has 0 bridgehead atoms. The van der Waals surface area contributed by atoms with Crippen molar-refractivity contribution in [3.63, 3.8) is 0 Å². The van der Waals surface area contributed by atoms with Crippen molar-refractivity contribution in [1.29, 1.82) is 0 Å². The lowest BCUT2D eigenvalue weighted by Crippen LogP contribution is -2.39. The molecule has 1 atom stereocenters. The van der Waals surface area contributed by atoms with E-state index in [-0.39, 0.29) is 0 Å². The molecule has 2 heterocycles. The molecule has 0 saturated heterocycles. The molecule has 0 aliphatic carbocycles. The van der Waals surface area contributed by atoms with E-state index in [2.05, 4.69) is 26.9 Å². The third-order valence-electron chi connectivity index (χ3n) is 5.49. The van der Waals surface area contributed by atoms with E-state index < -0.39 is 24.0 Å². The number of rotatable bonds is 4. The number of para-hydroxylation sites is 1. The van der Waals surface area contributed by atoms with Gasteiger partial charge in [0, 0.05) is 29.9 Å². The van der Waals surface area contributed by atoms with Crippen molar-refractivity contribution in [3.05, 3.63) is 77.6 Å². The first kappa shape index (κ1) is 22.5. The number of fused-ring (bicyclic) bond motifs is 2. The lowest BCUT2D eigenvalue weighted by atomic mass is 10.0. The molecule has 0 fully saturated rings. The smallest absolute Gasteiger partial charge is 0.416 e. The van der Waals surface area contributed by atoms with Crippen LogP contribution < -0.4 is 5.32 Å². The van der Waals surface area contributed by atoms with Crippen LogP contribution >= 0.6 is 0 Å². The van der Waals surface area contributed by atoms with Crippen LogP contribution in [0.2, 0.25) is 0 Å². The Labute approximate surface area is 193 Å². The Morgan fingerprint density at radius 3 is 2.55 bits per heavy atom. The Morgan fingerprint density at radius 2 is 1.79 bits per heavy atom. The summed E-state index contributed by atoms with van der Waals surface area (Å²) in [5.41, 5.74) is 3.50. The maximum atomic E-state index is 13.2. The Morgan fingerprint density at radius 1 is 1.06 bits per heavy atom. The molecule has 0 radical (unpaired) electrons. The SMILES string of the molecule is COC(=O)NCCc1cn([C@@H]2c3ccccc3C=CN2C(=O)OC(C)(C)C)c2ccccc12. The number of alkyl carbamates (subject to hydrolysis) is 1. The average Bonchev–Trinajstić information content (AvgIpc) is 3.15. The quantitative estimate of drug-likeness (QED) is 0.588. The van der Waals surface area contributed by atoms with Crippen molar-refractivity contribution >= 4 is 29.2 Å². The number of benzene rings is 2. The highest BCUT2D eigenvalue weighted by Crippen LogP contribution is 2.36. The number of aromatic nitrogens is 1. The van der Waals surface area contributed by atoms with Crippen LogP contribution in [0.5, 0.6) is 0 Å². The summed E-state index contributed by atoms with van der Waals surface area (Å²) in [7, 11) is 1.35. The zero-order chi connectivity index (χ0) is 23.6. The number of nitrogens with zero attached hydrogens (tertiary/aromatic N) is 2. The Bertz CT molecular complexity index is 1210. The third kappa shape index (κ3) is 4.72. The fraction of sp³-hybridized carbons (Fsp3) is 0.308. The summed E-state index contributed by atoms with van der Waals surface area (Å²) in [6.07, 6.45) is 5.12. The van der Waals surface area contributed by atoms with E-state index in [4.69, 9.17) is 4.74 Å². The minimum atomic E-state index is -0.615. The van der Waals surface area contributed by atoms with Gasteiger partial charge >= 0.3 is 12.2 Å². The summed E-state index contributed by atoms with van der Waals surface area (Å²) >= 11 is 0. The molecule has 2 amide bonds. The van der Waals surface area contributed by atoms with Crippen LogP contribution in [0.1, 0.15) is 43.6 Å². The largest absolute Gasteiger partial charge is 0.453 e. The zero-order valence-electron chi connectivity index (χ0n) is 19.4. The fourth-order valence-corrected chi connectivity index (χ4v) is 4.10. The second kappa shape index (κ2) is 9.02. The molecule has 172 valence electrons. The van der Waals surface area contributed by atoms with E-state index in [1.54, 1.807) is 11.1 Å². The number of amides is 2. The molecule has 1 aliphatic heterocycles. The van der Waals surface area contributed by atoms with Gasteiger partial charge in [0.1, 0.15) is 11.8 Å². The summed E-state index contributed by atoms with van der Waals surface area (Å²) < 4.78 is 12.5. The van der Waals surface area contributed by atoms with Crippen molar-refractivity contribution in [1.82, 2.24) is 14.8 Å². The Kier molecular flexibility index (Phi) is 6.14. The van der Waals surface area contributed by atoms with Gasteiger partial charge in [0.25, 0.3) is 0 Å². The molecule has 1 aromatic heterocycles. The van der Waals surface area contributed by atoms with Crippen molar-refractivity contribution < 1.29 is 19.1 Å². The van der Waals surface area contributed by atoms with Crippen LogP contribution in [0.15, 0.2) is 60.9 Å². The van der Waals surface area contributed by atoms with E-state index in [9.17, 15) is 9.59 Å². The Hall–Kier alpha value is -3.74. The standard InChI is InChI=1S/C26H29N3O4/c1-26(2,3)33-25(31)28-16-14-18-9-5-6-11-21(18)23(28)29-17-19(13-15-27-24(30)32-4)20-10-7-8-12-22(20)29/h5-12,14,16-17,23H,13,15H2,1-4H3,(H,27,30)/t23-/m1/s1. The van der Waals surface area contributed by atoms with E-state index in [0.29, 0.717) is 13.0 Å². The number of nitrogens with one attached hydrogen (secondary N) is 1. The molecule has 1 aliphatic rings. The highest BCUT2D eigenvalue weighted by molar-refractivity contribution is 5.85. The molecular weight excluding hydrogens is 418 g/mol. The summed E-state index contributed by atoms with van der Waals surface area (Å²) in [5, 5.41) is 3.81. The normalized spacial score (nSPS) is 15.3. The molecule has 4 rings (SSSR count). The van der Waals surface area contributed by atoms with Crippen LogP contribution in [0.4, 0.5) is 9.59 Å². The number of methoxy groups -OCH3 is 1. The van der Waals surface area contributed by atoms with Gasteiger partial charge in [-0.05, 0) is 50.5 Å². The molecule has 33 heavy (non-hydrogen) atoms. The van der Waals surface area contributed by atoms with Gasteiger partial charge in [-0.1, -0.05) is 42.5 Å². The van der Waals surface area contributed by atoms with Gasteiger partial charge in [0.2, 0.25) is 0 Å². The first-order valence-electron chi connectivity index (χ1n) is 11.0. The maximum Gasteiger partial charge on any atom is 0.416 e. The van der Waals surface area contributed by atoms with Crippen molar-refractivity contribution in [2.75, 3.05) is 13.7 Å². The van der Waals surface area contributed by atoms with Gasteiger partial charge in [-0.2, -0.15) is 0 Å². The minimum absolute atomic E-state index is 0.409. The van der Waals surface area contributed by atoms with Gasteiger partial charge in [-0.3, -0.25) is 4.90 Å². The van der Waals surface area contributed by atoms with E-state index in [0.717, 1.165) is 27.6 Å². The number of ether oxygens (including phenoxy) is 2. The number of carbonyl (C=O) groups excluding carboxylic acids is 2. The molecule has 7 heteroatoms. The second-order valence-electron chi connectivity index (χ2n) is 8.95. The molecule has 7 nitrogen and oxygen atoms in total. The second-order valence-corrected chi connectivity index (χ2v) is 8.95. The summed E-state index contributed by atoms with van der Waals surface area (Å²) in [6.45, 7) is 6.02. The minimum Gasteiger partial charge on any atom is -0.453 e. The van der Waals surface area contributed by atoms with Crippen LogP contribution in [-0.4, -0.2) is 40.9 Å². The predicted molar refractivity (Wildman–Crippen MR) is 128 cm³/mol. The molecule has 2 aromatic carbocycles. The highest BCUT2D eigenvalue weighted by atomic mass is 16.6. The monoisotopic (exact) mass is 447 g/mol. The summed E-state index contributed by atoms with van der Waals surface area (Å²) in [5.74, 6) is 0. The number of carbonyl (C=O) groups is 2. The van der Waals surface area contributed by atoms with Crippen LogP contribution in [-0.2, 0) is 15.9 Å². The molecule has 1 N–H and O–H groups in total. The van der Waals surface area contributed by atoms with Crippen LogP contribution in [0.25, 0.3) is 17.0 Å². The lowest BCUT2D eigenvalue weighted by molar-refractivity contribution is 0.0244. The third-order valence-corrected chi connectivity index (χ3v) is 5.49. The molecular formula is C26H29N3O4.